The van der Waals surface area contributed by atoms with E-state index in [9.17, 15) is 43.2 Å². The van der Waals surface area contributed by atoms with Gasteiger partial charge in [-0.3, -0.25) is 24.6 Å². The molecule has 5 aromatic rings. The smallest absolute Gasteiger partial charge is 0.338 e. The summed E-state index contributed by atoms with van der Waals surface area (Å²) in [4.78, 5) is 126. The second-order valence-electron chi connectivity index (χ2n) is 22.4. The third kappa shape index (κ3) is 18.9. The Labute approximate surface area is 554 Å². The Bertz CT molecular complexity index is 3470. The van der Waals surface area contributed by atoms with E-state index in [-0.39, 0.29) is 27.8 Å². The van der Waals surface area contributed by atoms with Crippen LogP contribution in [0.5, 0.6) is 0 Å². The molecule has 3 saturated heterocycles. The van der Waals surface area contributed by atoms with Crippen LogP contribution in [-0.2, 0) is 90.2 Å². The highest BCUT2D eigenvalue weighted by Crippen LogP contribution is 2.41. The van der Waals surface area contributed by atoms with E-state index in [0.717, 1.165) is 20.8 Å². The van der Waals surface area contributed by atoms with Gasteiger partial charge in [-0.1, -0.05) is 126 Å². The maximum absolute atomic E-state index is 14.8. The minimum atomic E-state index is -2.68. The van der Waals surface area contributed by atoms with Crippen molar-refractivity contribution in [3.8, 4) is 0 Å². The summed E-state index contributed by atoms with van der Waals surface area (Å²) in [7, 11) is 0. The number of carbonyl (C=O) groups is 9. The molecule has 25 nitrogen and oxygen atoms in total. The minimum absolute atomic E-state index is 0.0315. The van der Waals surface area contributed by atoms with Gasteiger partial charge in [-0.2, -0.15) is 0 Å². The molecule has 500 valence electrons. The topological polar surface area (TPSA) is 316 Å². The summed E-state index contributed by atoms with van der Waals surface area (Å²) in [6.45, 7) is 7.21. The highest BCUT2D eigenvalue weighted by Gasteiger charge is 2.61. The van der Waals surface area contributed by atoms with E-state index in [0.29, 0.717) is 0 Å². The van der Waals surface area contributed by atoms with Gasteiger partial charge in [0.1, 0.15) is 37.6 Å². The van der Waals surface area contributed by atoms with E-state index in [4.69, 9.17) is 111 Å². The number of rotatable bonds is 21. The lowest BCUT2D eigenvalue weighted by Gasteiger charge is -2.50. The number of halogens is 3. The number of alkyl halides is 3. The molecule has 15 atom stereocenters. The summed E-state index contributed by atoms with van der Waals surface area (Å²) < 4.78 is 91.0. The quantitative estimate of drug-likeness (QED) is 0.0237. The molecule has 0 amide bonds. The second-order valence-corrected chi connectivity index (χ2v) is 24.7. The third-order valence-corrected chi connectivity index (χ3v) is 14.8. The summed E-state index contributed by atoms with van der Waals surface area (Å²) in [6, 6.07) is 37.3. The fourth-order valence-corrected chi connectivity index (χ4v) is 10.0. The van der Waals surface area contributed by atoms with Crippen LogP contribution in [0, 0.1) is 10.8 Å². The Hall–Kier alpha value is -8.53. The Balaban J connectivity index is 1.38. The predicted octanol–water partition coefficient (Wildman–Crippen LogP) is 8.46. The zero-order valence-corrected chi connectivity index (χ0v) is 53.7. The van der Waals surface area contributed by atoms with Crippen molar-refractivity contribution in [1.82, 2.24) is 0 Å². The van der Waals surface area contributed by atoms with Crippen molar-refractivity contribution in [1.29, 1.82) is 5.41 Å². The molecule has 0 spiro atoms. The van der Waals surface area contributed by atoms with Crippen LogP contribution in [0.25, 0.3) is 0 Å². The first kappa shape index (κ1) is 71.3. The van der Waals surface area contributed by atoms with Crippen LogP contribution in [0.2, 0.25) is 0 Å². The van der Waals surface area contributed by atoms with Crippen molar-refractivity contribution in [3.05, 3.63) is 179 Å². The third-order valence-electron chi connectivity index (χ3n) is 14.3. The average molecular weight is 1360 g/mol. The van der Waals surface area contributed by atoms with Gasteiger partial charge < -0.3 is 71.1 Å². The van der Waals surface area contributed by atoms with Gasteiger partial charge in [-0.05, 0) is 88.4 Å². The number of esters is 9. The van der Waals surface area contributed by atoms with Crippen molar-refractivity contribution in [3.63, 3.8) is 0 Å². The maximum Gasteiger partial charge on any atom is 0.338 e. The molecule has 3 aliphatic heterocycles. The van der Waals surface area contributed by atoms with Crippen LogP contribution in [0.1, 0.15) is 100 Å². The summed E-state index contributed by atoms with van der Waals surface area (Å²) in [5.41, 5.74) is -1.52. The molecule has 1 N–H and O–H groups in total. The Morgan fingerprint density at radius 3 is 1.13 bits per heavy atom. The molecule has 0 radical (unpaired) electrons. The number of nitrogens with one attached hydrogen (secondary N) is 1. The van der Waals surface area contributed by atoms with E-state index in [1.807, 2.05) is 0 Å². The fraction of sp³-hybridized carbons (Fsp3) is 0.394. The van der Waals surface area contributed by atoms with Gasteiger partial charge in [-0.25, -0.2) is 24.0 Å². The monoisotopic (exact) mass is 1360 g/mol. The average Bonchev–Trinajstić information content (AvgIpc) is 0.763. The standard InChI is InChI=1S/C66H66Cl3NO24/c1-35-46(83-36(2)71)49(84-37(3)72)52(85-38(4)73)60(82-35)93-51-48(45(34-81-64(79)65(5,6)7)87-62(94-63(70)66(67,68)69)54(51)91-59(78)43-31-21-12-22-32-43)92-61-53(90-58(77)42-29-19-11-20-30-42)50(89-57(76)41-27-17-10-18-28-41)47(88-56(75)40-25-15-9-16-26-40)44(86-61)33-80-55(74)39-23-13-8-14-24-39/h8-32,35,44-54,60-62,70H,33-34H2,1-7H3/t35-,44+,45+,46+,47-,48+,49+,50-,51-,52-,53+,54+,60-,61-,62+/m0/s1. The molecule has 0 aromatic heterocycles. The van der Waals surface area contributed by atoms with Gasteiger partial charge in [0.25, 0.3) is 3.79 Å². The molecule has 8 rings (SSSR count). The number of carbonyl (C=O) groups excluding carboxylic acids is 9. The molecule has 3 heterocycles. The molecule has 3 fully saturated rings. The molecule has 94 heavy (non-hydrogen) atoms. The van der Waals surface area contributed by atoms with Crippen molar-refractivity contribution >= 4 is 94.4 Å². The fourth-order valence-electron chi connectivity index (χ4n) is 9.90. The zero-order chi connectivity index (χ0) is 68.0. The molecule has 28 heteroatoms. The molecule has 0 aliphatic carbocycles. The van der Waals surface area contributed by atoms with Gasteiger partial charge >= 0.3 is 53.7 Å². The Morgan fingerprint density at radius 1 is 0.383 bits per heavy atom. The molecule has 0 unspecified atom stereocenters. The van der Waals surface area contributed by atoms with Gasteiger partial charge in [-0.15, -0.1) is 0 Å². The van der Waals surface area contributed by atoms with Crippen molar-refractivity contribution < 1.29 is 114 Å². The van der Waals surface area contributed by atoms with Crippen molar-refractivity contribution in [2.75, 3.05) is 13.2 Å². The van der Waals surface area contributed by atoms with Crippen LogP contribution < -0.4 is 0 Å². The maximum atomic E-state index is 14.8. The van der Waals surface area contributed by atoms with Crippen LogP contribution in [0.15, 0.2) is 152 Å². The minimum Gasteiger partial charge on any atom is -0.462 e. The van der Waals surface area contributed by atoms with Crippen molar-refractivity contribution in [2.24, 2.45) is 5.41 Å². The van der Waals surface area contributed by atoms with Gasteiger partial charge in [0.15, 0.2) is 55.3 Å². The molecule has 0 bridgehead atoms. The first-order valence-electron chi connectivity index (χ1n) is 29.2. The molecular weight excluding hydrogens is 1300 g/mol. The van der Waals surface area contributed by atoms with E-state index >= 15 is 0 Å². The van der Waals surface area contributed by atoms with Gasteiger partial charge in [0.2, 0.25) is 12.2 Å². The van der Waals surface area contributed by atoms with Gasteiger partial charge in [0.05, 0.1) is 39.3 Å². The molecule has 3 aliphatic rings. The summed E-state index contributed by atoms with van der Waals surface area (Å²) in [6.07, 6.45) is -29.5. The lowest BCUT2D eigenvalue weighted by Crippen LogP contribution is -2.69. The van der Waals surface area contributed by atoms with E-state index in [2.05, 4.69) is 0 Å². The highest BCUT2D eigenvalue weighted by molar-refractivity contribution is 6.76. The Morgan fingerprint density at radius 2 is 0.702 bits per heavy atom. The number of benzene rings is 5. The SMILES string of the molecule is CC(=O)O[C@H]1[C@H](OC(C)=O)[C@H](O[C@@H]2[C@@H](OC(=O)c3ccccc3)[C@@H](OC(=N)C(Cl)(Cl)Cl)O[C@H](COC(=O)C(C)(C)C)[C@H]2O[C@@H]2O[C@H](COC(=O)c3ccccc3)[C@H](OC(=O)c3ccccc3)[C@H](OC(=O)c3ccccc3)[C@H]2OC(=O)c2ccccc2)O[C@@H](C)[C@H]1OC(C)=O. The first-order valence-corrected chi connectivity index (χ1v) is 30.3. The largest absolute Gasteiger partial charge is 0.462 e. The van der Waals surface area contributed by atoms with Crippen molar-refractivity contribution in [2.45, 2.75) is 144 Å². The lowest BCUT2D eigenvalue weighted by atomic mass is 9.94. The molecule has 5 aromatic carbocycles. The second kappa shape index (κ2) is 32.1. The number of ether oxygens (including phenoxy) is 15. The molecular formula is C66H66Cl3NO24. The van der Waals surface area contributed by atoms with Crippen LogP contribution in [0.4, 0.5) is 0 Å². The summed E-state index contributed by atoms with van der Waals surface area (Å²) in [5.74, 6) is -10.3. The normalized spacial score (nSPS) is 25.9. The van der Waals surface area contributed by atoms with Crippen LogP contribution in [0.3, 0.4) is 0 Å². The van der Waals surface area contributed by atoms with Crippen LogP contribution >= 0.6 is 34.8 Å². The number of hydrogen-bond acceptors (Lipinski definition) is 25. The van der Waals surface area contributed by atoms with E-state index < -0.39 is 174 Å². The zero-order valence-electron chi connectivity index (χ0n) is 51.4. The Kier molecular flexibility index (Phi) is 24.3. The summed E-state index contributed by atoms with van der Waals surface area (Å²) >= 11 is 18.7. The number of hydrogen-bond donors (Lipinski definition) is 1. The molecule has 0 saturated carbocycles. The first-order chi connectivity index (χ1) is 44.7. The lowest BCUT2D eigenvalue weighted by molar-refractivity contribution is -0.379. The van der Waals surface area contributed by atoms with E-state index in [1.54, 1.807) is 42.5 Å². The summed E-state index contributed by atoms with van der Waals surface area (Å²) in [5, 5.41) is 8.83. The van der Waals surface area contributed by atoms with Gasteiger partial charge in [0, 0.05) is 20.8 Å². The predicted molar refractivity (Wildman–Crippen MR) is 327 cm³/mol. The van der Waals surface area contributed by atoms with Crippen LogP contribution in [-0.4, -0.2) is 169 Å². The highest BCUT2D eigenvalue weighted by atomic mass is 35.6. The van der Waals surface area contributed by atoms with E-state index in [1.165, 1.54) is 137 Å².